The zero-order valence-electron chi connectivity index (χ0n) is 16.2. The average Bonchev–Trinajstić information content (AvgIpc) is 3.27. The summed E-state index contributed by atoms with van der Waals surface area (Å²) in [5, 5.41) is 9.96. The van der Waals surface area contributed by atoms with Gasteiger partial charge in [-0.1, -0.05) is 45.4 Å². The average molecular weight is 412 g/mol. The molecule has 0 fully saturated rings. The summed E-state index contributed by atoms with van der Waals surface area (Å²) in [5.74, 6) is 0.118. The molecular weight excluding hydrogens is 386 g/mol. The summed E-state index contributed by atoms with van der Waals surface area (Å²) >= 11 is 3.29. The van der Waals surface area contributed by atoms with Gasteiger partial charge in [-0.15, -0.1) is 22.7 Å². The third kappa shape index (κ3) is 5.67. The van der Waals surface area contributed by atoms with E-state index in [1.807, 2.05) is 6.07 Å². The van der Waals surface area contributed by atoms with Crippen LogP contribution in [0.4, 0.5) is 0 Å². The van der Waals surface area contributed by atoms with E-state index in [1.54, 1.807) is 35.6 Å². The molecule has 0 amide bonds. The molecular formula is C23H25NO2S2. The van der Waals surface area contributed by atoms with Crippen molar-refractivity contribution in [1.29, 1.82) is 5.26 Å². The number of rotatable bonds is 10. The van der Waals surface area contributed by atoms with E-state index in [2.05, 4.69) is 19.1 Å². The highest BCUT2D eigenvalue weighted by Gasteiger charge is 2.15. The van der Waals surface area contributed by atoms with Gasteiger partial charge in [0.1, 0.15) is 10.6 Å². The first-order valence-corrected chi connectivity index (χ1v) is 11.6. The highest BCUT2D eigenvalue weighted by atomic mass is 32.2. The van der Waals surface area contributed by atoms with Crippen molar-refractivity contribution in [2.75, 3.05) is 0 Å². The number of benzene rings is 1. The Hall–Kier alpha value is -2.16. The molecule has 2 heterocycles. The third-order valence-corrected chi connectivity index (χ3v) is 7.12. The lowest BCUT2D eigenvalue weighted by molar-refractivity contribution is 0.0740. The van der Waals surface area contributed by atoms with E-state index in [0.29, 0.717) is 16.2 Å². The number of hydrogen-bond acceptors (Lipinski definition) is 5. The zero-order valence-corrected chi connectivity index (χ0v) is 17.8. The zero-order chi connectivity index (χ0) is 19.8. The Morgan fingerprint density at radius 2 is 1.71 bits per heavy atom. The largest absolute Gasteiger partial charge is 0.422 e. The first-order valence-electron chi connectivity index (χ1n) is 9.94. The normalized spacial score (nSPS) is 10.9. The Labute approximate surface area is 174 Å². The van der Waals surface area contributed by atoms with E-state index >= 15 is 0 Å². The summed E-state index contributed by atoms with van der Waals surface area (Å²) in [7, 11) is 0. The first-order chi connectivity index (χ1) is 13.7. The van der Waals surface area contributed by atoms with Crippen LogP contribution in [0.25, 0.3) is 9.40 Å². The van der Waals surface area contributed by atoms with Crippen molar-refractivity contribution in [3.8, 4) is 11.8 Å². The van der Waals surface area contributed by atoms with Crippen LogP contribution in [0.1, 0.15) is 72.0 Å². The fraction of sp³-hybridized carbons (Fsp3) is 0.391. The number of thiophene rings is 2. The maximum Gasteiger partial charge on any atom is 0.353 e. The molecule has 0 aliphatic rings. The number of hydrogen-bond donors (Lipinski definition) is 0. The van der Waals surface area contributed by atoms with Crippen LogP contribution in [-0.4, -0.2) is 5.97 Å². The number of nitriles is 1. The molecule has 2 aromatic heterocycles. The smallest absolute Gasteiger partial charge is 0.353 e. The van der Waals surface area contributed by atoms with Gasteiger partial charge in [0.15, 0.2) is 0 Å². The number of unbranched alkanes of at least 4 members (excludes halogenated alkanes) is 6. The van der Waals surface area contributed by atoms with E-state index < -0.39 is 0 Å². The van der Waals surface area contributed by atoms with Gasteiger partial charge in [0.2, 0.25) is 0 Å². The van der Waals surface area contributed by atoms with Crippen LogP contribution in [0, 0.1) is 11.3 Å². The molecule has 0 unspecified atom stereocenters. The summed E-state index contributed by atoms with van der Waals surface area (Å²) in [4.78, 5) is 14.4. The second kappa shape index (κ2) is 10.4. The Kier molecular flexibility index (Phi) is 7.64. The van der Waals surface area contributed by atoms with Crippen LogP contribution >= 0.6 is 22.7 Å². The van der Waals surface area contributed by atoms with Crippen molar-refractivity contribution in [3.63, 3.8) is 0 Å². The lowest BCUT2D eigenvalue weighted by Crippen LogP contribution is -2.06. The van der Waals surface area contributed by atoms with E-state index in [4.69, 9.17) is 10.00 Å². The molecule has 3 nitrogen and oxygen atoms in total. The molecule has 5 heteroatoms. The Balaban J connectivity index is 1.50. The molecule has 0 radical (unpaired) electrons. The quantitative estimate of drug-likeness (QED) is 0.199. The summed E-state index contributed by atoms with van der Waals surface area (Å²) in [6, 6.07) is 12.8. The van der Waals surface area contributed by atoms with Crippen molar-refractivity contribution in [1.82, 2.24) is 0 Å². The standard InChI is InChI=1S/C23H25NO2S2/c1-2-3-4-5-6-7-8-9-20-14-18-15-21(28-23(18)27-20)22(25)26-19-12-10-17(16-24)11-13-19/h10-15H,2-9H2,1H3. The van der Waals surface area contributed by atoms with Gasteiger partial charge in [-0.3, -0.25) is 0 Å². The molecule has 0 aliphatic heterocycles. The van der Waals surface area contributed by atoms with E-state index in [9.17, 15) is 4.79 Å². The summed E-state index contributed by atoms with van der Waals surface area (Å²) in [6.45, 7) is 2.25. The second-order valence-electron chi connectivity index (χ2n) is 6.96. The van der Waals surface area contributed by atoms with Gasteiger partial charge >= 0.3 is 5.97 Å². The van der Waals surface area contributed by atoms with Crippen LogP contribution in [0.3, 0.4) is 0 Å². The first kappa shape index (κ1) is 20.6. The number of aryl methyl sites for hydroxylation is 1. The van der Waals surface area contributed by atoms with Crippen molar-refractivity contribution >= 4 is 38.0 Å². The maximum atomic E-state index is 12.4. The number of carbonyl (C=O) groups excluding carboxylic acids is 1. The van der Waals surface area contributed by atoms with Crippen LogP contribution in [-0.2, 0) is 6.42 Å². The fourth-order valence-corrected chi connectivity index (χ4v) is 5.54. The van der Waals surface area contributed by atoms with E-state index in [1.165, 1.54) is 65.2 Å². The van der Waals surface area contributed by atoms with Gasteiger partial charge < -0.3 is 4.74 Å². The maximum absolute atomic E-state index is 12.4. The molecule has 3 aromatic rings. The Bertz CT molecular complexity index is 916. The van der Waals surface area contributed by atoms with Crippen LogP contribution in [0.5, 0.6) is 5.75 Å². The molecule has 0 saturated heterocycles. The number of nitrogens with zero attached hydrogens (tertiary/aromatic N) is 1. The Morgan fingerprint density at radius 1 is 1.00 bits per heavy atom. The minimum atomic E-state index is -0.341. The molecule has 0 atom stereocenters. The number of esters is 1. The van der Waals surface area contributed by atoms with Gasteiger partial charge in [0, 0.05) is 10.3 Å². The van der Waals surface area contributed by atoms with Crippen molar-refractivity contribution in [3.05, 3.63) is 51.7 Å². The van der Waals surface area contributed by atoms with Crippen LogP contribution < -0.4 is 4.74 Å². The van der Waals surface area contributed by atoms with E-state index in [-0.39, 0.29) is 5.97 Å². The predicted molar refractivity (Wildman–Crippen MR) is 118 cm³/mol. The number of fused-ring (bicyclic) bond motifs is 1. The molecule has 146 valence electrons. The number of carbonyl (C=O) groups is 1. The predicted octanol–water partition coefficient (Wildman–Crippen LogP) is 7.35. The van der Waals surface area contributed by atoms with Gasteiger partial charge in [0.25, 0.3) is 0 Å². The molecule has 1 aromatic carbocycles. The minimum Gasteiger partial charge on any atom is -0.422 e. The molecule has 0 spiro atoms. The number of ether oxygens (including phenoxy) is 1. The topological polar surface area (TPSA) is 50.1 Å². The lowest BCUT2D eigenvalue weighted by atomic mass is 10.1. The second-order valence-corrected chi connectivity index (χ2v) is 9.41. The molecule has 28 heavy (non-hydrogen) atoms. The SMILES string of the molecule is CCCCCCCCCc1cc2cc(C(=O)Oc3ccc(C#N)cc3)sc2s1. The highest BCUT2D eigenvalue weighted by molar-refractivity contribution is 7.39. The van der Waals surface area contributed by atoms with Crippen LogP contribution in [0.15, 0.2) is 36.4 Å². The molecule has 0 N–H and O–H groups in total. The van der Waals surface area contributed by atoms with Crippen molar-refractivity contribution in [2.45, 2.75) is 58.3 Å². The molecule has 0 aliphatic carbocycles. The molecule has 0 saturated carbocycles. The summed E-state index contributed by atoms with van der Waals surface area (Å²) in [6.07, 6.45) is 10.4. The van der Waals surface area contributed by atoms with Gasteiger partial charge in [0.05, 0.1) is 15.6 Å². The van der Waals surface area contributed by atoms with Gasteiger partial charge in [-0.2, -0.15) is 5.26 Å². The highest BCUT2D eigenvalue weighted by Crippen LogP contribution is 2.34. The monoisotopic (exact) mass is 411 g/mol. The van der Waals surface area contributed by atoms with E-state index in [0.717, 1.165) is 11.8 Å². The minimum absolute atomic E-state index is 0.341. The lowest BCUT2D eigenvalue weighted by Gasteiger charge is -2.02. The van der Waals surface area contributed by atoms with Crippen LogP contribution in [0.2, 0.25) is 0 Å². The van der Waals surface area contributed by atoms with Crippen molar-refractivity contribution < 1.29 is 9.53 Å². The van der Waals surface area contributed by atoms with Gasteiger partial charge in [-0.25, -0.2) is 4.79 Å². The van der Waals surface area contributed by atoms with Gasteiger partial charge in [-0.05, 0) is 49.2 Å². The molecule has 3 rings (SSSR count). The fourth-order valence-electron chi connectivity index (χ4n) is 3.13. The summed E-state index contributed by atoms with van der Waals surface area (Å²) < 4.78 is 6.60. The molecule has 0 bridgehead atoms. The third-order valence-electron chi connectivity index (χ3n) is 4.69. The summed E-state index contributed by atoms with van der Waals surface area (Å²) in [5.41, 5.74) is 0.546. The Morgan fingerprint density at radius 3 is 2.39 bits per heavy atom. The van der Waals surface area contributed by atoms with Crippen molar-refractivity contribution in [2.24, 2.45) is 0 Å².